The van der Waals surface area contributed by atoms with Crippen LogP contribution in [-0.2, 0) is 16.8 Å². The van der Waals surface area contributed by atoms with Crippen molar-refractivity contribution in [2.45, 2.75) is 56.5 Å². The Balaban J connectivity index is 1.74. The molecule has 0 saturated carbocycles. The maximum Gasteiger partial charge on any atom is 0.163 e. The van der Waals surface area contributed by atoms with Crippen LogP contribution in [-0.4, -0.2) is 61.1 Å². The molecule has 1 fully saturated rings. The molecule has 0 aliphatic carbocycles. The lowest BCUT2D eigenvalue weighted by Gasteiger charge is -2.40. The summed E-state index contributed by atoms with van der Waals surface area (Å²) in [6.07, 6.45) is -3.97. The minimum Gasteiger partial charge on any atom is -0.394 e. The summed E-state index contributed by atoms with van der Waals surface area (Å²) in [5.41, 5.74) is 2.47. The van der Waals surface area contributed by atoms with Gasteiger partial charge in [0, 0.05) is 11.6 Å². The lowest BCUT2D eigenvalue weighted by Crippen LogP contribution is -2.56. The number of rotatable bonds is 5. The van der Waals surface area contributed by atoms with Crippen LogP contribution in [0.4, 0.5) is 0 Å². The molecular formula is C24H28ClNO6. The Hall–Kier alpha value is -1.97. The van der Waals surface area contributed by atoms with Gasteiger partial charge in [0.1, 0.15) is 24.4 Å². The number of aliphatic hydroxyl groups excluding tert-OH is 4. The fraction of sp³-hybridized carbons (Fsp3) is 0.417. The molecule has 2 aromatic carbocycles. The number of fused-ring (bicyclic) bond motifs is 1. The van der Waals surface area contributed by atoms with Gasteiger partial charge < -0.3 is 34.8 Å². The maximum atomic E-state index is 10.6. The molecule has 0 bridgehead atoms. The SMILES string of the molecule is CC(C)(O)c1ccc(Cc2cn([C@@H]3O[C@H](CO)[C@@H](O)[C@H](O)[C@H]3O)c3cccc(Cl)c23)cc1. The standard InChI is InChI=1S/C24H28ClNO6/c1-24(2,31)15-8-6-13(7-9-15)10-14-11-26(17-5-3-4-16(25)19(14)17)23-22(30)21(29)20(28)18(12-27)32-23/h3-9,11,18,20-23,27-31H,10,12H2,1-2H3/t18-,20-,21+,22-,23-/m1/s1. The van der Waals surface area contributed by atoms with Gasteiger partial charge in [0.25, 0.3) is 0 Å². The van der Waals surface area contributed by atoms with Gasteiger partial charge in [-0.3, -0.25) is 0 Å². The zero-order valence-corrected chi connectivity index (χ0v) is 18.6. The van der Waals surface area contributed by atoms with E-state index in [-0.39, 0.29) is 0 Å². The van der Waals surface area contributed by atoms with Crippen LogP contribution in [0.1, 0.15) is 36.8 Å². The lowest BCUT2D eigenvalue weighted by atomic mass is 9.95. The largest absolute Gasteiger partial charge is 0.394 e. The van der Waals surface area contributed by atoms with Gasteiger partial charge in [-0.05, 0) is 49.1 Å². The Labute approximate surface area is 191 Å². The van der Waals surface area contributed by atoms with Gasteiger partial charge in [-0.15, -0.1) is 0 Å². The van der Waals surface area contributed by atoms with Crippen LogP contribution in [0.3, 0.4) is 0 Å². The Morgan fingerprint density at radius 1 is 1.00 bits per heavy atom. The highest BCUT2D eigenvalue weighted by Crippen LogP contribution is 2.36. The third kappa shape index (κ3) is 4.18. The molecule has 172 valence electrons. The average Bonchev–Trinajstić information content (AvgIpc) is 3.11. The highest BCUT2D eigenvalue weighted by atomic mass is 35.5. The fourth-order valence-corrected chi connectivity index (χ4v) is 4.55. The minimum atomic E-state index is -1.47. The van der Waals surface area contributed by atoms with Crippen LogP contribution >= 0.6 is 11.6 Å². The fourth-order valence-electron chi connectivity index (χ4n) is 4.25. The molecule has 2 heterocycles. The van der Waals surface area contributed by atoms with E-state index < -0.39 is 42.9 Å². The van der Waals surface area contributed by atoms with Crippen molar-refractivity contribution in [1.82, 2.24) is 4.57 Å². The molecule has 1 aliphatic rings. The molecule has 1 aliphatic heterocycles. The molecule has 8 heteroatoms. The van der Waals surface area contributed by atoms with Gasteiger partial charge in [-0.1, -0.05) is 41.9 Å². The molecule has 7 nitrogen and oxygen atoms in total. The van der Waals surface area contributed by atoms with Crippen molar-refractivity contribution in [2.75, 3.05) is 6.61 Å². The molecule has 0 amide bonds. The van der Waals surface area contributed by atoms with Crippen molar-refractivity contribution in [3.63, 3.8) is 0 Å². The molecule has 3 aromatic rings. The molecule has 5 N–H and O–H groups in total. The van der Waals surface area contributed by atoms with Gasteiger partial charge in [-0.2, -0.15) is 0 Å². The molecule has 4 rings (SSSR count). The third-order valence-corrected chi connectivity index (χ3v) is 6.40. The summed E-state index contributed by atoms with van der Waals surface area (Å²) in [7, 11) is 0. The monoisotopic (exact) mass is 461 g/mol. The smallest absolute Gasteiger partial charge is 0.163 e. The quantitative estimate of drug-likeness (QED) is 0.397. The van der Waals surface area contributed by atoms with Crippen molar-refractivity contribution in [3.8, 4) is 0 Å². The highest BCUT2D eigenvalue weighted by molar-refractivity contribution is 6.35. The first kappa shape index (κ1) is 23.2. The van der Waals surface area contributed by atoms with Crippen molar-refractivity contribution >= 4 is 22.5 Å². The molecular weight excluding hydrogens is 434 g/mol. The van der Waals surface area contributed by atoms with Crippen LogP contribution in [0.15, 0.2) is 48.7 Å². The lowest BCUT2D eigenvalue weighted by molar-refractivity contribution is -0.250. The van der Waals surface area contributed by atoms with Crippen LogP contribution < -0.4 is 0 Å². The first-order valence-electron chi connectivity index (χ1n) is 10.5. The first-order valence-corrected chi connectivity index (χ1v) is 10.9. The molecule has 0 spiro atoms. The normalized spacial score (nSPS) is 26.6. The van der Waals surface area contributed by atoms with Crippen LogP contribution in [0.2, 0.25) is 5.02 Å². The van der Waals surface area contributed by atoms with E-state index >= 15 is 0 Å². The Morgan fingerprint density at radius 2 is 1.69 bits per heavy atom. The van der Waals surface area contributed by atoms with E-state index in [9.17, 15) is 25.5 Å². The van der Waals surface area contributed by atoms with Gasteiger partial charge in [-0.25, -0.2) is 0 Å². The topological polar surface area (TPSA) is 115 Å². The van der Waals surface area contributed by atoms with Crippen molar-refractivity contribution in [2.24, 2.45) is 0 Å². The number of aliphatic hydroxyl groups is 5. The van der Waals surface area contributed by atoms with Crippen molar-refractivity contribution in [3.05, 3.63) is 70.4 Å². The molecule has 32 heavy (non-hydrogen) atoms. The molecule has 1 saturated heterocycles. The molecule has 1 aromatic heterocycles. The summed E-state index contributed by atoms with van der Waals surface area (Å²) in [5, 5.41) is 52.0. The summed E-state index contributed by atoms with van der Waals surface area (Å²) in [4.78, 5) is 0. The number of benzene rings is 2. The second kappa shape index (κ2) is 8.76. The number of hydrogen-bond acceptors (Lipinski definition) is 6. The summed E-state index contributed by atoms with van der Waals surface area (Å²) in [5.74, 6) is 0. The number of ether oxygens (including phenoxy) is 1. The minimum absolute atomic E-state index is 0.498. The summed E-state index contributed by atoms with van der Waals surface area (Å²) in [6.45, 7) is 2.97. The number of hydrogen-bond donors (Lipinski definition) is 5. The van der Waals surface area contributed by atoms with Gasteiger partial charge in [0.05, 0.1) is 22.7 Å². The van der Waals surface area contributed by atoms with E-state index in [0.717, 1.165) is 22.1 Å². The highest BCUT2D eigenvalue weighted by Gasteiger charge is 2.44. The van der Waals surface area contributed by atoms with Crippen LogP contribution in [0, 0.1) is 0 Å². The second-order valence-electron chi connectivity index (χ2n) is 8.85. The van der Waals surface area contributed by atoms with Crippen LogP contribution in [0.25, 0.3) is 10.9 Å². The van der Waals surface area contributed by atoms with Crippen molar-refractivity contribution < 1.29 is 30.3 Å². The second-order valence-corrected chi connectivity index (χ2v) is 9.25. The average molecular weight is 462 g/mol. The Morgan fingerprint density at radius 3 is 2.31 bits per heavy atom. The van der Waals surface area contributed by atoms with E-state index in [1.165, 1.54) is 0 Å². The third-order valence-electron chi connectivity index (χ3n) is 6.08. The number of halogens is 1. The van der Waals surface area contributed by atoms with E-state index in [1.54, 1.807) is 30.5 Å². The van der Waals surface area contributed by atoms with Crippen molar-refractivity contribution in [1.29, 1.82) is 0 Å². The zero-order valence-electron chi connectivity index (χ0n) is 17.9. The predicted octanol–water partition coefficient (Wildman–Crippen LogP) is 2.09. The van der Waals surface area contributed by atoms with Gasteiger partial charge >= 0.3 is 0 Å². The molecule has 0 radical (unpaired) electrons. The summed E-state index contributed by atoms with van der Waals surface area (Å²) < 4.78 is 7.45. The van der Waals surface area contributed by atoms with E-state index in [4.69, 9.17) is 16.3 Å². The first-order chi connectivity index (χ1) is 15.1. The predicted molar refractivity (Wildman–Crippen MR) is 120 cm³/mol. The van der Waals surface area contributed by atoms with Crippen LogP contribution in [0.5, 0.6) is 0 Å². The maximum absolute atomic E-state index is 10.6. The van der Waals surface area contributed by atoms with Gasteiger partial charge in [0.2, 0.25) is 0 Å². The van der Waals surface area contributed by atoms with E-state index in [2.05, 4.69) is 0 Å². The Bertz CT molecular complexity index is 1090. The summed E-state index contributed by atoms with van der Waals surface area (Å²) >= 11 is 6.53. The number of aromatic nitrogens is 1. The van der Waals surface area contributed by atoms with Gasteiger partial charge in [0.15, 0.2) is 6.23 Å². The van der Waals surface area contributed by atoms with E-state index in [0.29, 0.717) is 17.0 Å². The van der Waals surface area contributed by atoms with E-state index in [1.807, 2.05) is 36.5 Å². The molecule has 0 unspecified atom stereocenters. The number of nitrogens with zero attached hydrogens (tertiary/aromatic N) is 1. The summed E-state index contributed by atoms with van der Waals surface area (Å²) in [6, 6.07) is 13.1. The molecule has 5 atom stereocenters. The zero-order chi connectivity index (χ0) is 23.2. The Kier molecular flexibility index (Phi) is 6.35.